The second-order valence-electron chi connectivity index (χ2n) is 5.56. The fourth-order valence-corrected chi connectivity index (χ4v) is 2.78. The highest BCUT2D eigenvalue weighted by molar-refractivity contribution is 5.22. The van der Waals surface area contributed by atoms with Crippen molar-refractivity contribution in [3.05, 3.63) is 35.4 Å². The van der Waals surface area contributed by atoms with Gasteiger partial charge in [0.05, 0.1) is 12.7 Å². The maximum Gasteiger partial charge on any atom is 0.0720 e. The summed E-state index contributed by atoms with van der Waals surface area (Å²) in [6, 6.07) is 8.67. The molecule has 1 aromatic carbocycles. The topological polar surface area (TPSA) is 21.3 Å². The average molecular weight is 247 g/mol. The summed E-state index contributed by atoms with van der Waals surface area (Å²) in [5.41, 5.74) is 2.62. The zero-order valence-electron chi connectivity index (χ0n) is 11.6. The Balaban J connectivity index is 1.83. The van der Waals surface area contributed by atoms with Gasteiger partial charge in [0, 0.05) is 6.54 Å². The van der Waals surface area contributed by atoms with Gasteiger partial charge < -0.3 is 10.1 Å². The van der Waals surface area contributed by atoms with Gasteiger partial charge in [-0.3, -0.25) is 0 Å². The van der Waals surface area contributed by atoms with Crippen molar-refractivity contribution in [1.82, 2.24) is 5.32 Å². The Morgan fingerprint density at radius 2 is 2.11 bits per heavy atom. The number of nitrogens with one attached hydrogen (secondary N) is 1. The molecule has 1 aliphatic carbocycles. The van der Waals surface area contributed by atoms with E-state index in [1.54, 1.807) is 0 Å². The van der Waals surface area contributed by atoms with Crippen LogP contribution < -0.4 is 5.32 Å². The van der Waals surface area contributed by atoms with Crippen LogP contribution in [0.3, 0.4) is 0 Å². The Kier molecular flexibility index (Phi) is 5.21. The van der Waals surface area contributed by atoms with Crippen molar-refractivity contribution in [2.24, 2.45) is 5.92 Å². The Morgan fingerprint density at radius 3 is 2.89 bits per heavy atom. The first-order valence-corrected chi connectivity index (χ1v) is 7.12. The fraction of sp³-hybridized carbons (Fsp3) is 0.625. The first-order chi connectivity index (χ1) is 8.78. The third-order valence-corrected chi connectivity index (χ3v) is 3.75. The van der Waals surface area contributed by atoms with E-state index in [0.29, 0.717) is 6.10 Å². The molecule has 0 aromatic heterocycles. The van der Waals surface area contributed by atoms with Crippen LogP contribution in [-0.4, -0.2) is 13.2 Å². The molecule has 2 rings (SSSR count). The summed E-state index contributed by atoms with van der Waals surface area (Å²) in [7, 11) is 1.98. The second kappa shape index (κ2) is 6.91. The molecule has 1 aliphatic rings. The number of benzene rings is 1. The molecule has 100 valence electrons. The first kappa shape index (κ1) is 13.6. The Hall–Kier alpha value is -0.860. The van der Waals surface area contributed by atoms with Gasteiger partial charge in [0.15, 0.2) is 0 Å². The van der Waals surface area contributed by atoms with Crippen LogP contribution in [0.4, 0.5) is 0 Å². The summed E-state index contributed by atoms with van der Waals surface area (Å²) in [5, 5.41) is 3.18. The molecule has 0 radical (unpaired) electrons. The van der Waals surface area contributed by atoms with Crippen molar-refractivity contribution in [2.75, 3.05) is 7.05 Å². The first-order valence-electron chi connectivity index (χ1n) is 7.12. The normalized spacial score (nSPS) is 24.1. The van der Waals surface area contributed by atoms with Crippen LogP contribution >= 0.6 is 0 Å². The largest absolute Gasteiger partial charge is 0.374 e. The van der Waals surface area contributed by atoms with Crippen LogP contribution in [0.5, 0.6) is 0 Å². The van der Waals surface area contributed by atoms with E-state index in [4.69, 9.17) is 4.74 Å². The minimum absolute atomic E-state index is 0.474. The summed E-state index contributed by atoms with van der Waals surface area (Å²) in [4.78, 5) is 0. The monoisotopic (exact) mass is 247 g/mol. The maximum absolute atomic E-state index is 6.05. The summed E-state index contributed by atoms with van der Waals surface area (Å²) in [6.45, 7) is 4.02. The van der Waals surface area contributed by atoms with Gasteiger partial charge in [-0.25, -0.2) is 0 Å². The van der Waals surface area contributed by atoms with Gasteiger partial charge in [0.2, 0.25) is 0 Å². The van der Waals surface area contributed by atoms with E-state index in [1.165, 1.54) is 36.8 Å². The van der Waals surface area contributed by atoms with E-state index >= 15 is 0 Å². The summed E-state index contributed by atoms with van der Waals surface area (Å²) in [5.74, 6) is 0.833. The van der Waals surface area contributed by atoms with Crippen molar-refractivity contribution >= 4 is 0 Å². The lowest BCUT2D eigenvalue weighted by molar-refractivity contribution is 0.00464. The van der Waals surface area contributed by atoms with Gasteiger partial charge in [-0.1, -0.05) is 44.0 Å². The van der Waals surface area contributed by atoms with Gasteiger partial charge in [-0.2, -0.15) is 0 Å². The van der Waals surface area contributed by atoms with E-state index < -0.39 is 0 Å². The van der Waals surface area contributed by atoms with Crippen LogP contribution in [0.15, 0.2) is 24.3 Å². The SMILES string of the molecule is CNCc1cccc(COC2CCCC(C)C2)c1. The third kappa shape index (κ3) is 4.11. The number of ether oxygens (including phenoxy) is 1. The Bertz CT molecular complexity index is 364. The molecule has 18 heavy (non-hydrogen) atoms. The van der Waals surface area contributed by atoms with Crippen LogP contribution in [0.2, 0.25) is 0 Å². The molecule has 1 fully saturated rings. The molecule has 1 aromatic rings. The highest BCUT2D eigenvalue weighted by atomic mass is 16.5. The molecule has 0 saturated heterocycles. The van der Waals surface area contributed by atoms with Crippen molar-refractivity contribution in [2.45, 2.75) is 51.9 Å². The van der Waals surface area contributed by atoms with Gasteiger partial charge in [-0.05, 0) is 36.9 Å². The molecule has 2 heteroatoms. The summed E-state index contributed by atoms with van der Waals surface area (Å²) < 4.78 is 6.05. The van der Waals surface area contributed by atoms with Crippen molar-refractivity contribution < 1.29 is 4.74 Å². The fourth-order valence-electron chi connectivity index (χ4n) is 2.78. The van der Waals surface area contributed by atoms with E-state index in [2.05, 4.69) is 36.5 Å². The molecule has 2 nitrogen and oxygen atoms in total. The van der Waals surface area contributed by atoms with Crippen LogP contribution in [-0.2, 0) is 17.9 Å². The lowest BCUT2D eigenvalue weighted by Gasteiger charge is -2.26. The minimum Gasteiger partial charge on any atom is -0.374 e. The van der Waals surface area contributed by atoms with Crippen LogP contribution in [0.1, 0.15) is 43.7 Å². The molecule has 0 heterocycles. The molecule has 2 atom stereocenters. The minimum atomic E-state index is 0.474. The highest BCUT2D eigenvalue weighted by Gasteiger charge is 2.19. The molecule has 0 bridgehead atoms. The van der Waals surface area contributed by atoms with Crippen molar-refractivity contribution in [3.63, 3.8) is 0 Å². The lowest BCUT2D eigenvalue weighted by atomic mass is 9.89. The molecule has 1 N–H and O–H groups in total. The van der Waals surface area contributed by atoms with E-state index in [1.807, 2.05) is 7.05 Å². The maximum atomic E-state index is 6.05. The second-order valence-corrected chi connectivity index (χ2v) is 5.56. The Morgan fingerprint density at radius 1 is 1.28 bits per heavy atom. The molecule has 2 unspecified atom stereocenters. The average Bonchev–Trinajstić information content (AvgIpc) is 2.37. The highest BCUT2D eigenvalue weighted by Crippen LogP contribution is 2.26. The molecular formula is C16H25NO. The molecule has 1 saturated carbocycles. The predicted octanol–water partition coefficient (Wildman–Crippen LogP) is 3.50. The van der Waals surface area contributed by atoms with Gasteiger partial charge >= 0.3 is 0 Å². The zero-order valence-corrected chi connectivity index (χ0v) is 11.6. The standard InChI is InChI=1S/C16H25NO/c1-13-5-3-8-16(9-13)18-12-15-7-4-6-14(10-15)11-17-2/h4,6-7,10,13,16-17H,3,5,8-9,11-12H2,1-2H3. The number of hydrogen-bond acceptors (Lipinski definition) is 2. The molecular weight excluding hydrogens is 222 g/mol. The summed E-state index contributed by atoms with van der Waals surface area (Å²) >= 11 is 0. The number of rotatable bonds is 5. The van der Waals surface area contributed by atoms with Crippen molar-refractivity contribution in [3.8, 4) is 0 Å². The van der Waals surface area contributed by atoms with Crippen LogP contribution in [0, 0.1) is 5.92 Å². The lowest BCUT2D eigenvalue weighted by Crippen LogP contribution is -2.21. The van der Waals surface area contributed by atoms with E-state index in [-0.39, 0.29) is 0 Å². The zero-order chi connectivity index (χ0) is 12.8. The third-order valence-electron chi connectivity index (χ3n) is 3.75. The Labute approximate surface area is 111 Å². The summed E-state index contributed by atoms with van der Waals surface area (Å²) in [6.07, 6.45) is 5.64. The van der Waals surface area contributed by atoms with E-state index in [9.17, 15) is 0 Å². The predicted molar refractivity (Wildman–Crippen MR) is 75.4 cm³/mol. The van der Waals surface area contributed by atoms with Gasteiger partial charge in [-0.15, -0.1) is 0 Å². The smallest absolute Gasteiger partial charge is 0.0720 e. The molecule has 0 amide bonds. The van der Waals surface area contributed by atoms with Crippen molar-refractivity contribution in [1.29, 1.82) is 0 Å². The molecule has 0 aliphatic heterocycles. The van der Waals surface area contributed by atoms with Gasteiger partial charge in [0.25, 0.3) is 0 Å². The molecule has 0 spiro atoms. The van der Waals surface area contributed by atoms with E-state index in [0.717, 1.165) is 19.1 Å². The van der Waals surface area contributed by atoms with Crippen LogP contribution in [0.25, 0.3) is 0 Å². The van der Waals surface area contributed by atoms with Gasteiger partial charge in [0.1, 0.15) is 0 Å². The number of hydrogen-bond donors (Lipinski definition) is 1. The quantitative estimate of drug-likeness (QED) is 0.860.